The summed E-state index contributed by atoms with van der Waals surface area (Å²) in [4.78, 5) is 3.59. The molecule has 2 aromatic heterocycles. The van der Waals surface area contributed by atoms with Gasteiger partial charge in [0.05, 0.1) is 12.2 Å². The summed E-state index contributed by atoms with van der Waals surface area (Å²) in [5, 5.41) is 15.8. The first-order valence-electron chi connectivity index (χ1n) is 6.60. The lowest BCUT2D eigenvalue weighted by Crippen LogP contribution is -2.10. The molecule has 0 spiro atoms. The molecule has 24 heavy (non-hydrogen) atoms. The number of alkyl halides is 3. The lowest BCUT2D eigenvalue weighted by Gasteiger charge is -2.14. The van der Waals surface area contributed by atoms with E-state index >= 15 is 0 Å². The van der Waals surface area contributed by atoms with Gasteiger partial charge in [0.15, 0.2) is 0 Å². The van der Waals surface area contributed by atoms with Crippen molar-refractivity contribution in [2.45, 2.75) is 19.4 Å². The van der Waals surface area contributed by atoms with Crippen molar-refractivity contribution in [2.24, 2.45) is 0 Å². The number of pyridine rings is 1. The van der Waals surface area contributed by atoms with Crippen molar-refractivity contribution < 1.29 is 27.6 Å². The van der Waals surface area contributed by atoms with Gasteiger partial charge < -0.3 is 9.84 Å². The quantitative estimate of drug-likeness (QED) is 0.719. The van der Waals surface area contributed by atoms with Crippen molar-refractivity contribution >= 4 is 22.6 Å². The molecule has 0 atom stereocenters. The van der Waals surface area contributed by atoms with Crippen LogP contribution in [0.25, 0.3) is 11.0 Å². The summed E-state index contributed by atoms with van der Waals surface area (Å²) in [7, 11) is 0. The molecule has 0 bridgehead atoms. The summed E-state index contributed by atoms with van der Waals surface area (Å²) in [6.45, 7) is -0.681. The van der Waals surface area contributed by atoms with Crippen molar-refractivity contribution in [1.29, 1.82) is 0 Å². The number of benzene rings is 1. The number of aromatic nitrogens is 3. The molecule has 10 heteroatoms. The molecule has 0 fully saturated rings. The molecule has 0 unspecified atom stereocenters. The van der Waals surface area contributed by atoms with Gasteiger partial charge in [-0.05, 0) is 34.1 Å². The van der Waals surface area contributed by atoms with E-state index in [0.29, 0.717) is 16.6 Å². The predicted molar refractivity (Wildman–Crippen MR) is 76.3 cm³/mol. The Kier molecular flexibility index (Phi) is 4.29. The minimum absolute atomic E-state index is 0.00943. The highest BCUT2D eigenvalue weighted by Gasteiger charge is 2.35. The molecule has 1 aromatic carbocycles. The smallest absolute Gasteiger partial charge is 0.419 e. The first kappa shape index (κ1) is 16.5. The Morgan fingerprint density at radius 1 is 1.17 bits per heavy atom. The van der Waals surface area contributed by atoms with Gasteiger partial charge in [0.1, 0.15) is 22.8 Å². The molecule has 0 amide bonds. The van der Waals surface area contributed by atoms with E-state index in [1.165, 1.54) is 0 Å². The van der Waals surface area contributed by atoms with E-state index < -0.39 is 23.5 Å². The number of aliphatic hydroxyl groups is 1. The third kappa shape index (κ3) is 3.26. The first-order chi connectivity index (χ1) is 11.4. The third-order valence-corrected chi connectivity index (χ3v) is 3.47. The van der Waals surface area contributed by atoms with Crippen LogP contribution in [-0.4, -0.2) is 20.4 Å². The largest absolute Gasteiger partial charge is 0.472 e. The Labute approximate surface area is 137 Å². The maximum Gasteiger partial charge on any atom is 0.419 e. The van der Waals surface area contributed by atoms with E-state index in [2.05, 4.69) is 19.9 Å². The van der Waals surface area contributed by atoms with Crippen LogP contribution >= 0.6 is 11.6 Å². The molecule has 0 saturated carbocycles. The number of rotatable bonds is 4. The first-order valence-corrected chi connectivity index (χ1v) is 6.97. The van der Waals surface area contributed by atoms with Crippen LogP contribution in [0, 0.1) is 0 Å². The summed E-state index contributed by atoms with van der Waals surface area (Å²) in [6.07, 6.45) is -4.67. The fraction of sp³-hybridized carbons (Fsp3) is 0.214. The summed E-state index contributed by atoms with van der Waals surface area (Å²) < 4.78 is 48.3. The number of hydrogen-bond donors (Lipinski definition) is 1. The van der Waals surface area contributed by atoms with Gasteiger partial charge in [-0.2, -0.15) is 13.2 Å². The highest BCUT2D eigenvalue weighted by Crippen LogP contribution is 2.36. The van der Waals surface area contributed by atoms with Crippen LogP contribution in [0.3, 0.4) is 0 Å². The van der Waals surface area contributed by atoms with Gasteiger partial charge in [-0.1, -0.05) is 17.7 Å². The van der Waals surface area contributed by atoms with Crippen molar-refractivity contribution in [3.05, 3.63) is 46.1 Å². The standard InChI is InChI=1S/C14H9ClF3N3O3/c15-12-9(14(16,17)18)4-8(5-22)13(19-12)23-6-7-1-2-10-11(3-7)21-24-20-10/h1-4,22H,5-6H2. The fourth-order valence-electron chi connectivity index (χ4n) is 2.02. The second-order valence-electron chi connectivity index (χ2n) is 4.82. The van der Waals surface area contributed by atoms with E-state index in [4.69, 9.17) is 16.3 Å². The number of nitrogens with zero attached hydrogens (tertiary/aromatic N) is 3. The van der Waals surface area contributed by atoms with Crippen LogP contribution in [0.2, 0.25) is 5.15 Å². The Hall–Kier alpha value is -2.39. The zero-order valence-corrected chi connectivity index (χ0v) is 12.6. The number of hydrogen-bond acceptors (Lipinski definition) is 6. The molecule has 0 aliphatic heterocycles. The summed E-state index contributed by atoms with van der Waals surface area (Å²) in [6, 6.07) is 5.72. The minimum Gasteiger partial charge on any atom is -0.472 e. The molecule has 3 aromatic rings. The number of fused-ring (bicyclic) bond motifs is 1. The fourth-order valence-corrected chi connectivity index (χ4v) is 2.26. The van der Waals surface area contributed by atoms with Gasteiger partial charge in [-0.3, -0.25) is 0 Å². The average molecular weight is 360 g/mol. The number of halogens is 4. The normalized spacial score (nSPS) is 11.9. The lowest BCUT2D eigenvalue weighted by molar-refractivity contribution is -0.137. The van der Waals surface area contributed by atoms with E-state index in [1.54, 1.807) is 18.2 Å². The van der Waals surface area contributed by atoms with Crippen LogP contribution in [-0.2, 0) is 19.4 Å². The van der Waals surface area contributed by atoms with Crippen LogP contribution in [0.15, 0.2) is 28.9 Å². The van der Waals surface area contributed by atoms with E-state index in [0.717, 1.165) is 6.07 Å². The Balaban J connectivity index is 1.85. The van der Waals surface area contributed by atoms with Crippen LogP contribution < -0.4 is 4.74 Å². The topological polar surface area (TPSA) is 81.3 Å². The minimum atomic E-state index is -4.67. The maximum absolute atomic E-state index is 12.8. The average Bonchev–Trinajstić information content (AvgIpc) is 2.99. The highest BCUT2D eigenvalue weighted by molar-refractivity contribution is 6.30. The molecule has 0 aliphatic carbocycles. The molecule has 2 heterocycles. The van der Waals surface area contributed by atoms with Gasteiger partial charge >= 0.3 is 6.18 Å². The SMILES string of the molecule is OCc1cc(C(F)(F)F)c(Cl)nc1OCc1ccc2nonc2c1. The van der Waals surface area contributed by atoms with E-state index in [-0.39, 0.29) is 18.1 Å². The molecule has 0 aliphatic rings. The van der Waals surface area contributed by atoms with Crippen molar-refractivity contribution in [1.82, 2.24) is 15.3 Å². The molecule has 126 valence electrons. The third-order valence-electron chi connectivity index (χ3n) is 3.18. The second kappa shape index (κ2) is 6.25. The molecule has 1 N–H and O–H groups in total. The molecule has 0 saturated heterocycles. The van der Waals surface area contributed by atoms with Gasteiger partial charge in [-0.15, -0.1) is 0 Å². The Morgan fingerprint density at radius 3 is 2.62 bits per heavy atom. The predicted octanol–water partition coefficient (Wildman–Crippen LogP) is 3.36. The summed E-state index contributed by atoms with van der Waals surface area (Å²) in [5.74, 6) is -0.172. The van der Waals surface area contributed by atoms with Gasteiger partial charge in [0, 0.05) is 5.56 Å². The lowest BCUT2D eigenvalue weighted by atomic mass is 10.2. The molecule has 0 radical (unpaired) electrons. The van der Waals surface area contributed by atoms with Crippen molar-refractivity contribution in [3.8, 4) is 5.88 Å². The van der Waals surface area contributed by atoms with Gasteiger partial charge in [0.2, 0.25) is 5.88 Å². The molecule has 3 rings (SSSR count). The van der Waals surface area contributed by atoms with Crippen LogP contribution in [0.5, 0.6) is 5.88 Å². The zero-order chi connectivity index (χ0) is 17.3. The second-order valence-corrected chi connectivity index (χ2v) is 5.18. The number of aliphatic hydroxyl groups excluding tert-OH is 1. The summed E-state index contributed by atoms with van der Waals surface area (Å²) >= 11 is 5.56. The van der Waals surface area contributed by atoms with Crippen molar-refractivity contribution in [2.75, 3.05) is 0 Å². The van der Waals surface area contributed by atoms with Crippen molar-refractivity contribution in [3.63, 3.8) is 0 Å². The monoisotopic (exact) mass is 359 g/mol. The van der Waals surface area contributed by atoms with Crippen LogP contribution in [0.4, 0.5) is 13.2 Å². The zero-order valence-electron chi connectivity index (χ0n) is 11.8. The highest BCUT2D eigenvalue weighted by atomic mass is 35.5. The molecule has 6 nitrogen and oxygen atoms in total. The number of ether oxygens (including phenoxy) is 1. The van der Waals surface area contributed by atoms with Gasteiger partial charge in [0.25, 0.3) is 0 Å². The molecular formula is C14H9ClF3N3O3. The van der Waals surface area contributed by atoms with E-state index in [9.17, 15) is 18.3 Å². The summed E-state index contributed by atoms with van der Waals surface area (Å²) in [5.41, 5.74) is 0.494. The van der Waals surface area contributed by atoms with E-state index in [1.807, 2.05) is 0 Å². The maximum atomic E-state index is 12.8. The molecular weight excluding hydrogens is 351 g/mol. The van der Waals surface area contributed by atoms with Gasteiger partial charge in [-0.25, -0.2) is 9.61 Å². The Morgan fingerprint density at radius 2 is 1.92 bits per heavy atom. The van der Waals surface area contributed by atoms with Crippen LogP contribution in [0.1, 0.15) is 16.7 Å². The Bertz CT molecular complexity index is 883.